The van der Waals surface area contributed by atoms with E-state index in [-0.39, 0.29) is 5.54 Å². The molecule has 1 unspecified atom stereocenters. The van der Waals surface area contributed by atoms with Crippen LogP contribution >= 0.6 is 0 Å². The molecule has 1 fully saturated rings. The molecule has 1 aliphatic carbocycles. The van der Waals surface area contributed by atoms with Crippen LogP contribution in [0.3, 0.4) is 0 Å². The molecule has 1 heterocycles. The highest BCUT2D eigenvalue weighted by Gasteiger charge is 2.40. The predicted molar refractivity (Wildman–Crippen MR) is 88.6 cm³/mol. The maximum Gasteiger partial charge on any atom is 0.0596 e. The molecule has 0 bridgehead atoms. The molecule has 1 aromatic heterocycles. The van der Waals surface area contributed by atoms with Gasteiger partial charge >= 0.3 is 0 Å². The van der Waals surface area contributed by atoms with Crippen molar-refractivity contribution in [3.63, 3.8) is 0 Å². The van der Waals surface area contributed by atoms with Crippen LogP contribution in [-0.4, -0.2) is 47.4 Å². The number of hydrogen-bond acceptors (Lipinski definition) is 3. The lowest BCUT2D eigenvalue weighted by Gasteiger charge is -2.46. The van der Waals surface area contributed by atoms with Crippen LogP contribution in [0.15, 0.2) is 6.07 Å². The van der Waals surface area contributed by atoms with Gasteiger partial charge < -0.3 is 10.2 Å². The first kappa shape index (κ1) is 16.5. The van der Waals surface area contributed by atoms with Gasteiger partial charge in [-0.2, -0.15) is 5.10 Å². The minimum absolute atomic E-state index is 0.267. The molecule has 0 saturated heterocycles. The third-order valence-corrected chi connectivity index (χ3v) is 5.37. The van der Waals surface area contributed by atoms with Gasteiger partial charge in [0, 0.05) is 30.7 Å². The molecule has 1 aliphatic rings. The van der Waals surface area contributed by atoms with Crippen molar-refractivity contribution in [2.45, 2.75) is 63.5 Å². The van der Waals surface area contributed by atoms with Gasteiger partial charge in [-0.1, -0.05) is 25.7 Å². The first-order valence-electron chi connectivity index (χ1n) is 8.34. The van der Waals surface area contributed by atoms with Gasteiger partial charge in [0.25, 0.3) is 0 Å². The van der Waals surface area contributed by atoms with Crippen molar-refractivity contribution in [3.8, 4) is 0 Å². The number of aromatic nitrogens is 2. The summed E-state index contributed by atoms with van der Waals surface area (Å²) in [5, 5.41) is 8.13. The van der Waals surface area contributed by atoms with Crippen LogP contribution in [0.25, 0.3) is 0 Å². The van der Waals surface area contributed by atoms with E-state index in [0.717, 1.165) is 12.1 Å². The Labute approximate surface area is 129 Å². The van der Waals surface area contributed by atoms with Crippen LogP contribution in [-0.2, 0) is 13.5 Å². The fraction of sp³-hybridized carbons (Fsp3) is 0.824. The molecule has 0 spiro atoms. The van der Waals surface area contributed by atoms with Crippen LogP contribution in [0.2, 0.25) is 0 Å². The molecule has 0 aliphatic heterocycles. The Bertz CT molecular complexity index is 442. The largest absolute Gasteiger partial charge is 0.315 e. The lowest BCUT2D eigenvalue weighted by atomic mass is 9.79. The van der Waals surface area contributed by atoms with Crippen molar-refractivity contribution in [2.24, 2.45) is 7.05 Å². The molecule has 2 rings (SSSR count). The number of aryl methyl sites for hydroxylation is 2. The lowest BCUT2D eigenvalue weighted by molar-refractivity contribution is 0.0827. The molecule has 4 nitrogen and oxygen atoms in total. The van der Waals surface area contributed by atoms with Gasteiger partial charge in [0.05, 0.1) is 5.69 Å². The molecule has 0 amide bonds. The highest BCUT2D eigenvalue weighted by Crippen LogP contribution is 2.35. The van der Waals surface area contributed by atoms with Gasteiger partial charge in [0.1, 0.15) is 0 Å². The average molecular weight is 292 g/mol. The molecule has 0 aromatic carbocycles. The smallest absolute Gasteiger partial charge is 0.0596 e. The Balaban J connectivity index is 2.25. The Hall–Kier alpha value is -0.870. The second-order valence-corrected chi connectivity index (χ2v) is 6.86. The molecular formula is C17H32N4. The van der Waals surface area contributed by atoms with Crippen molar-refractivity contribution < 1.29 is 0 Å². The normalized spacial score (nSPS) is 20.5. The summed E-state index contributed by atoms with van der Waals surface area (Å²) in [6.07, 6.45) is 9.10. The Morgan fingerprint density at radius 2 is 1.90 bits per heavy atom. The third-order valence-electron chi connectivity index (χ3n) is 5.37. The summed E-state index contributed by atoms with van der Waals surface area (Å²) in [6.45, 7) is 2.07. The quantitative estimate of drug-likeness (QED) is 0.847. The average Bonchev–Trinajstić information content (AvgIpc) is 2.66. The molecular weight excluding hydrogens is 260 g/mol. The topological polar surface area (TPSA) is 33.1 Å². The molecule has 4 heteroatoms. The number of rotatable bonds is 5. The van der Waals surface area contributed by atoms with Crippen molar-refractivity contribution in [2.75, 3.05) is 21.1 Å². The highest BCUT2D eigenvalue weighted by atomic mass is 15.3. The number of nitrogens with zero attached hydrogens (tertiary/aromatic N) is 3. The van der Waals surface area contributed by atoms with Crippen LogP contribution < -0.4 is 5.32 Å². The minimum atomic E-state index is 0.267. The van der Waals surface area contributed by atoms with Gasteiger partial charge in [-0.25, -0.2) is 0 Å². The summed E-state index contributed by atoms with van der Waals surface area (Å²) in [4.78, 5) is 2.47. The van der Waals surface area contributed by atoms with Crippen molar-refractivity contribution in [1.82, 2.24) is 20.0 Å². The maximum atomic E-state index is 4.50. The molecule has 1 saturated carbocycles. The summed E-state index contributed by atoms with van der Waals surface area (Å²) in [5.74, 6) is 0. The summed E-state index contributed by atoms with van der Waals surface area (Å²) in [6, 6.07) is 2.70. The van der Waals surface area contributed by atoms with Crippen LogP contribution in [0.4, 0.5) is 0 Å². The molecule has 1 atom stereocenters. The van der Waals surface area contributed by atoms with Crippen molar-refractivity contribution >= 4 is 0 Å². The monoisotopic (exact) mass is 292 g/mol. The van der Waals surface area contributed by atoms with Crippen LogP contribution in [0.1, 0.15) is 49.9 Å². The first-order chi connectivity index (χ1) is 9.99. The number of likely N-dealkylation sites (N-methyl/N-ethyl adjacent to an activating group) is 2. The van der Waals surface area contributed by atoms with Gasteiger partial charge in [0.15, 0.2) is 0 Å². The van der Waals surface area contributed by atoms with E-state index < -0.39 is 0 Å². The highest BCUT2D eigenvalue weighted by molar-refractivity contribution is 5.13. The summed E-state index contributed by atoms with van der Waals surface area (Å²) in [7, 11) is 8.68. The summed E-state index contributed by atoms with van der Waals surface area (Å²) < 4.78 is 2.04. The van der Waals surface area contributed by atoms with Gasteiger partial charge in [0.2, 0.25) is 0 Å². The zero-order valence-corrected chi connectivity index (χ0v) is 14.4. The van der Waals surface area contributed by atoms with Gasteiger partial charge in [-0.15, -0.1) is 0 Å². The Morgan fingerprint density at radius 3 is 2.33 bits per heavy atom. The zero-order valence-electron chi connectivity index (χ0n) is 14.4. The molecule has 1 N–H and O–H groups in total. The third kappa shape index (κ3) is 3.49. The van der Waals surface area contributed by atoms with E-state index in [0.29, 0.717) is 6.04 Å². The van der Waals surface area contributed by atoms with Crippen molar-refractivity contribution in [3.05, 3.63) is 17.5 Å². The Morgan fingerprint density at radius 1 is 1.29 bits per heavy atom. The lowest BCUT2D eigenvalue weighted by Crippen LogP contribution is -2.59. The van der Waals surface area contributed by atoms with Crippen molar-refractivity contribution in [1.29, 1.82) is 0 Å². The molecule has 120 valence electrons. The van der Waals surface area contributed by atoms with E-state index in [4.69, 9.17) is 0 Å². The van der Waals surface area contributed by atoms with E-state index in [2.05, 4.69) is 56.5 Å². The Kier molecular flexibility index (Phi) is 5.44. The van der Waals surface area contributed by atoms with E-state index in [1.807, 2.05) is 4.68 Å². The maximum absolute atomic E-state index is 4.50. The van der Waals surface area contributed by atoms with Gasteiger partial charge in [-0.05, 0) is 47.0 Å². The summed E-state index contributed by atoms with van der Waals surface area (Å²) in [5.41, 5.74) is 2.71. The van der Waals surface area contributed by atoms with E-state index >= 15 is 0 Å². The standard InChI is InChI=1S/C17H32N4/c1-14-12-15(21(5)19-14)13-16(18-2)17(20(3)4)10-8-6-7-9-11-17/h12,16,18H,6-11,13H2,1-5H3. The summed E-state index contributed by atoms with van der Waals surface area (Å²) >= 11 is 0. The fourth-order valence-electron chi connectivity index (χ4n) is 4.07. The van der Waals surface area contributed by atoms with Crippen LogP contribution in [0.5, 0.6) is 0 Å². The van der Waals surface area contributed by atoms with E-state index in [9.17, 15) is 0 Å². The number of nitrogens with one attached hydrogen (secondary N) is 1. The van der Waals surface area contributed by atoms with Crippen LogP contribution in [0, 0.1) is 6.92 Å². The number of hydrogen-bond donors (Lipinski definition) is 1. The minimum Gasteiger partial charge on any atom is -0.315 e. The van der Waals surface area contributed by atoms with E-state index in [1.54, 1.807) is 0 Å². The molecule has 0 radical (unpaired) electrons. The second kappa shape index (κ2) is 6.93. The first-order valence-corrected chi connectivity index (χ1v) is 8.34. The molecule has 21 heavy (non-hydrogen) atoms. The SMILES string of the molecule is CNC(Cc1cc(C)nn1C)C1(N(C)C)CCCCCC1. The van der Waals surface area contributed by atoms with E-state index in [1.165, 1.54) is 44.2 Å². The second-order valence-electron chi connectivity index (χ2n) is 6.86. The zero-order chi connectivity index (χ0) is 15.5. The molecule has 1 aromatic rings. The fourth-order valence-corrected chi connectivity index (χ4v) is 4.07. The predicted octanol–water partition coefficient (Wildman–Crippen LogP) is 2.51. The van der Waals surface area contributed by atoms with Gasteiger partial charge in [-0.3, -0.25) is 4.68 Å².